The Bertz CT molecular complexity index is 975. The summed E-state index contributed by atoms with van der Waals surface area (Å²) in [7, 11) is 0. The molecule has 0 spiro atoms. The third-order valence-corrected chi connectivity index (χ3v) is 5.72. The Hall–Kier alpha value is -3.15. The monoisotopic (exact) mass is 374 g/mol. The van der Waals surface area contributed by atoms with Crippen LogP contribution in [0.1, 0.15) is 25.7 Å². The van der Waals surface area contributed by atoms with E-state index in [1.54, 1.807) is 12.4 Å². The van der Waals surface area contributed by atoms with Gasteiger partial charge in [-0.25, -0.2) is 9.78 Å². The number of carbonyl (C=O) groups is 1. The van der Waals surface area contributed by atoms with Crippen LogP contribution in [0.2, 0.25) is 0 Å². The molecule has 4 heterocycles. The van der Waals surface area contributed by atoms with Crippen molar-refractivity contribution in [2.45, 2.75) is 43.9 Å². The molecule has 2 amide bonds. The van der Waals surface area contributed by atoms with Crippen molar-refractivity contribution >= 4 is 22.6 Å². The molecule has 6 nitrogen and oxygen atoms in total. The maximum Gasteiger partial charge on any atom is 0.322 e. The van der Waals surface area contributed by atoms with Crippen molar-refractivity contribution in [2.75, 3.05) is 5.32 Å². The second-order valence-corrected chi connectivity index (χ2v) is 7.48. The van der Waals surface area contributed by atoms with Gasteiger partial charge < -0.3 is 15.0 Å². The van der Waals surface area contributed by atoms with Crippen molar-refractivity contribution in [2.24, 2.45) is 0 Å². The van der Waals surface area contributed by atoms with Gasteiger partial charge in [0.25, 0.3) is 0 Å². The van der Waals surface area contributed by atoms with Crippen molar-refractivity contribution < 1.29 is 9.53 Å². The van der Waals surface area contributed by atoms with Crippen LogP contribution in [-0.2, 0) is 0 Å². The first-order valence-corrected chi connectivity index (χ1v) is 9.79. The Labute approximate surface area is 163 Å². The number of anilines is 1. The van der Waals surface area contributed by atoms with Crippen LogP contribution in [-0.4, -0.2) is 39.1 Å². The van der Waals surface area contributed by atoms with E-state index in [9.17, 15) is 4.79 Å². The minimum atomic E-state index is -0.0399. The maximum absolute atomic E-state index is 13.1. The summed E-state index contributed by atoms with van der Waals surface area (Å²) in [6.45, 7) is 0. The molecule has 5 rings (SSSR count). The standard InChI is InChI=1S/C22H22N4O2/c27-22(25-19-7-3-5-15-6-4-12-24-21(15)19)26-16-9-10-17(26)14-18(13-16)28-20-8-1-2-11-23-20/h1-8,11-12,16-18H,9-10,13-14H2,(H,25,27)/t16-,17-/m0/s1. The van der Waals surface area contributed by atoms with Gasteiger partial charge in [-0.15, -0.1) is 0 Å². The second kappa shape index (κ2) is 7.11. The van der Waals surface area contributed by atoms with E-state index >= 15 is 0 Å². The molecule has 0 radical (unpaired) electrons. The number of piperidine rings is 1. The number of nitrogens with one attached hydrogen (secondary N) is 1. The maximum atomic E-state index is 13.1. The number of urea groups is 1. The zero-order valence-electron chi connectivity index (χ0n) is 15.5. The Kier molecular flexibility index (Phi) is 4.31. The van der Waals surface area contributed by atoms with Crippen LogP contribution in [0.5, 0.6) is 5.88 Å². The van der Waals surface area contributed by atoms with Gasteiger partial charge in [-0.3, -0.25) is 4.98 Å². The highest BCUT2D eigenvalue weighted by Gasteiger charge is 2.44. The van der Waals surface area contributed by atoms with Crippen LogP contribution in [0.4, 0.5) is 10.5 Å². The van der Waals surface area contributed by atoms with Crippen LogP contribution in [0.3, 0.4) is 0 Å². The Balaban J connectivity index is 1.30. The van der Waals surface area contributed by atoms with Crippen molar-refractivity contribution in [1.29, 1.82) is 0 Å². The predicted molar refractivity (Wildman–Crippen MR) is 107 cm³/mol. The molecule has 2 atom stereocenters. The second-order valence-electron chi connectivity index (χ2n) is 7.48. The number of amides is 2. The molecular formula is C22H22N4O2. The molecule has 142 valence electrons. The number of benzene rings is 1. The first-order chi connectivity index (χ1) is 13.8. The fourth-order valence-electron chi connectivity index (χ4n) is 4.53. The molecule has 3 aromatic rings. The third-order valence-electron chi connectivity index (χ3n) is 5.72. The first-order valence-electron chi connectivity index (χ1n) is 9.79. The molecule has 0 aliphatic carbocycles. The number of nitrogens with zero attached hydrogens (tertiary/aromatic N) is 3. The molecule has 2 saturated heterocycles. The van der Waals surface area contributed by atoms with E-state index in [1.165, 1.54) is 0 Å². The summed E-state index contributed by atoms with van der Waals surface area (Å²) >= 11 is 0. The van der Waals surface area contributed by atoms with E-state index in [4.69, 9.17) is 4.74 Å². The predicted octanol–water partition coefficient (Wildman–Crippen LogP) is 4.24. The summed E-state index contributed by atoms with van der Waals surface area (Å²) in [5.41, 5.74) is 1.58. The minimum Gasteiger partial charge on any atom is -0.474 e. The van der Waals surface area contributed by atoms with Crippen LogP contribution >= 0.6 is 0 Å². The van der Waals surface area contributed by atoms with Gasteiger partial charge >= 0.3 is 6.03 Å². The number of ether oxygens (including phenoxy) is 1. The summed E-state index contributed by atoms with van der Waals surface area (Å²) < 4.78 is 6.06. The number of fused-ring (bicyclic) bond motifs is 3. The minimum absolute atomic E-state index is 0.0399. The van der Waals surface area contributed by atoms with Crippen LogP contribution in [0.15, 0.2) is 60.9 Å². The molecule has 1 N–H and O–H groups in total. The van der Waals surface area contributed by atoms with Crippen LogP contribution in [0, 0.1) is 0 Å². The number of rotatable bonds is 3. The molecule has 6 heteroatoms. The smallest absolute Gasteiger partial charge is 0.322 e. The molecule has 2 aliphatic heterocycles. The van der Waals surface area contributed by atoms with E-state index < -0.39 is 0 Å². The Morgan fingerprint density at radius 2 is 1.75 bits per heavy atom. The summed E-state index contributed by atoms with van der Waals surface area (Å²) in [4.78, 5) is 23.8. The number of pyridine rings is 2. The molecule has 2 fully saturated rings. The highest BCUT2D eigenvalue weighted by molar-refractivity contribution is 5.99. The van der Waals surface area contributed by atoms with E-state index in [-0.39, 0.29) is 24.2 Å². The van der Waals surface area contributed by atoms with E-state index in [0.29, 0.717) is 5.88 Å². The van der Waals surface area contributed by atoms with Gasteiger partial charge in [0.15, 0.2) is 0 Å². The normalized spacial score (nSPS) is 23.6. The van der Waals surface area contributed by atoms with Gasteiger partial charge in [0.05, 0.1) is 11.2 Å². The number of para-hydroxylation sites is 1. The Morgan fingerprint density at radius 1 is 0.964 bits per heavy atom. The molecule has 2 bridgehead atoms. The van der Waals surface area contributed by atoms with Gasteiger partial charge in [0.2, 0.25) is 5.88 Å². The summed E-state index contributed by atoms with van der Waals surface area (Å²) in [6, 6.07) is 15.8. The molecule has 28 heavy (non-hydrogen) atoms. The molecule has 0 unspecified atom stereocenters. The average Bonchev–Trinajstić information content (AvgIpc) is 3.00. The molecular weight excluding hydrogens is 352 g/mol. The lowest BCUT2D eigenvalue weighted by Crippen LogP contribution is -2.50. The van der Waals surface area contributed by atoms with E-state index in [2.05, 4.69) is 15.3 Å². The lowest BCUT2D eigenvalue weighted by Gasteiger charge is -2.38. The fraction of sp³-hybridized carbons (Fsp3) is 0.318. The Morgan fingerprint density at radius 3 is 2.54 bits per heavy atom. The fourth-order valence-corrected chi connectivity index (χ4v) is 4.53. The van der Waals surface area contributed by atoms with Gasteiger partial charge in [-0.2, -0.15) is 0 Å². The molecule has 1 aromatic carbocycles. The van der Waals surface area contributed by atoms with Crippen LogP contribution in [0.25, 0.3) is 10.9 Å². The van der Waals surface area contributed by atoms with E-state index in [0.717, 1.165) is 42.3 Å². The lowest BCUT2D eigenvalue weighted by atomic mass is 10.00. The van der Waals surface area contributed by atoms with Crippen molar-refractivity contribution in [3.63, 3.8) is 0 Å². The van der Waals surface area contributed by atoms with Gasteiger partial charge in [0.1, 0.15) is 6.10 Å². The number of hydrogen-bond acceptors (Lipinski definition) is 4. The number of carbonyl (C=O) groups excluding carboxylic acids is 1. The zero-order valence-corrected chi connectivity index (χ0v) is 15.5. The largest absolute Gasteiger partial charge is 0.474 e. The van der Waals surface area contributed by atoms with Crippen LogP contribution < -0.4 is 10.1 Å². The first kappa shape index (κ1) is 17.0. The quantitative estimate of drug-likeness (QED) is 0.745. The highest BCUT2D eigenvalue weighted by Crippen LogP contribution is 2.37. The van der Waals surface area contributed by atoms with Gasteiger partial charge in [-0.1, -0.05) is 24.3 Å². The summed E-state index contributed by atoms with van der Waals surface area (Å²) in [5.74, 6) is 0.659. The summed E-state index contributed by atoms with van der Waals surface area (Å²) in [6.07, 6.45) is 7.33. The van der Waals surface area contributed by atoms with Crippen molar-refractivity contribution in [3.05, 3.63) is 60.9 Å². The van der Waals surface area contributed by atoms with Gasteiger partial charge in [0, 0.05) is 48.8 Å². The lowest BCUT2D eigenvalue weighted by molar-refractivity contribution is 0.0704. The van der Waals surface area contributed by atoms with Gasteiger partial charge in [-0.05, 0) is 31.0 Å². The highest BCUT2D eigenvalue weighted by atomic mass is 16.5. The third kappa shape index (κ3) is 3.15. The number of hydrogen-bond donors (Lipinski definition) is 1. The number of aromatic nitrogens is 2. The topological polar surface area (TPSA) is 67.4 Å². The molecule has 2 aromatic heterocycles. The van der Waals surface area contributed by atoms with Crippen molar-refractivity contribution in [3.8, 4) is 5.88 Å². The van der Waals surface area contributed by atoms with E-state index in [1.807, 2.05) is 53.4 Å². The molecule has 0 saturated carbocycles. The average molecular weight is 374 g/mol. The molecule has 2 aliphatic rings. The summed E-state index contributed by atoms with van der Waals surface area (Å²) in [5, 5.41) is 4.11. The zero-order chi connectivity index (χ0) is 18.9. The van der Waals surface area contributed by atoms with Crippen molar-refractivity contribution in [1.82, 2.24) is 14.9 Å². The SMILES string of the molecule is O=C(Nc1cccc2cccnc12)N1[C@H]2CC[C@H]1CC(Oc1ccccn1)C2.